The predicted molar refractivity (Wildman–Crippen MR) is 75.0 cm³/mol. The Balaban J connectivity index is 3.16. The molecule has 18 heavy (non-hydrogen) atoms. The molecule has 1 aromatic carbocycles. The van der Waals surface area contributed by atoms with E-state index in [4.69, 9.17) is 5.73 Å². The molecule has 1 rings (SSSR count). The molecule has 0 aliphatic carbocycles. The van der Waals surface area contributed by atoms with Crippen molar-refractivity contribution in [2.75, 3.05) is 20.6 Å². The minimum atomic E-state index is -0.145. The molecule has 2 N–H and O–H groups in total. The third-order valence-corrected chi connectivity index (χ3v) is 3.54. The van der Waals surface area contributed by atoms with Gasteiger partial charge in [-0.25, -0.2) is 4.39 Å². The van der Waals surface area contributed by atoms with Crippen molar-refractivity contribution in [1.29, 1.82) is 0 Å². The van der Waals surface area contributed by atoms with Gasteiger partial charge >= 0.3 is 0 Å². The van der Waals surface area contributed by atoms with Gasteiger partial charge in [-0.1, -0.05) is 26.0 Å². The van der Waals surface area contributed by atoms with Crippen molar-refractivity contribution in [3.63, 3.8) is 0 Å². The summed E-state index contributed by atoms with van der Waals surface area (Å²) in [5.74, 6) is -0.145. The zero-order valence-electron chi connectivity index (χ0n) is 12.1. The maximum atomic E-state index is 13.4. The Kier molecular flexibility index (Phi) is 4.88. The number of benzene rings is 1. The van der Waals surface area contributed by atoms with Crippen molar-refractivity contribution in [2.45, 2.75) is 33.2 Å². The van der Waals surface area contributed by atoms with Gasteiger partial charge in [-0.15, -0.1) is 0 Å². The molecular formula is C15H25FN2. The fourth-order valence-corrected chi connectivity index (χ4v) is 2.79. The molecule has 0 bridgehead atoms. The monoisotopic (exact) mass is 252 g/mol. The van der Waals surface area contributed by atoms with Crippen molar-refractivity contribution < 1.29 is 4.39 Å². The van der Waals surface area contributed by atoms with Crippen LogP contribution in [0.15, 0.2) is 18.2 Å². The Labute approximate surface area is 110 Å². The lowest BCUT2D eigenvalue weighted by Crippen LogP contribution is -2.35. The van der Waals surface area contributed by atoms with Crippen molar-refractivity contribution in [3.05, 3.63) is 35.1 Å². The van der Waals surface area contributed by atoms with E-state index in [1.54, 1.807) is 6.07 Å². The molecule has 0 aliphatic heterocycles. The first kappa shape index (κ1) is 15.1. The first-order chi connectivity index (χ1) is 8.29. The number of hydrogen-bond acceptors (Lipinski definition) is 2. The van der Waals surface area contributed by atoms with E-state index in [-0.39, 0.29) is 17.3 Å². The molecule has 0 saturated heterocycles. The summed E-state index contributed by atoms with van der Waals surface area (Å²) >= 11 is 0. The van der Waals surface area contributed by atoms with Gasteiger partial charge in [0.05, 0.1) is 0 Å². The Morgan fingerprint density at radius 1 is 1.33 bits per heavy atom. The minimum absolute atomic E-state index is 0.0581. The molecule has 102 valence electrons. The summed E-state index contributed by atoms with van der Waals surface area (Å²) in [7, 11) is 4.11. The Morgan fingerprint density at radius 2 is 1.94 bits per heavy atom. The molecule has 0 amide bonds. The topological polar surface area (TPSA) is 29.3 Å². The minimum Gasteiger partial charge on any atom is -0.330 e. The number of aryl methyl sites for hydroxylation is 1. The molecule has 0 fully saturated rings. The molecule has 0 spiro atoms. The summed E-state index contributed by atoms with van der Waals surface area (Å²) in [4.78, 5) is 2.18. The average Bonchev–Trinajstić information content (AvgIpc) is 2.22. The van der Waals surface area contributed by atoms with Gasteiger partial charge in [-0.05, 0) is 56.6 Å². The molecule has 0 aromatic heterocycles. The van der Waals surface area contributed by atoms with E-state index in [1.165, 1.54) is 0 Å². The van der Waals surface area contributed by atoms with Crippen molar-refractivity contribution in [2.24, 2.45) is 11.1 Å². The largest absolute Gasteiger partial charge is 0.330 e. The summed E-state index contributed by atoms with van der Waals surface area (Å²) in [5, 5.41) is 0. The third kappa shape index (κ3) is 3.30. The zero-order valence-corrected chi connectivity index (χ0v) is 12.1. The summed E-state index contributed by atoms with van der Waals surface area (Å²) < 4.78 is 13.4. The van der Waals surface area contributed by atoms with Crippen LogP contribution in [0, 0.1) is 18.2 Å². The molecule has 0 heterocycles. The Hall–Kier alpha value is -0.930. The molecular weight excluding hydrogens is 227 g/mol. The van der Waals surface area contributed by atoms with Gasteiger partial charge < -0.3 is 10.6 Å². The highest BCUT2D eigenvalue weighted by molar-refractivity contribution is 5.27. The predicted octanol–water partition coefficient (Wildman–Crippen LogP) is 3.11. The van der Waals surface area contributed by atoms with Gasteiger partial charge in [-0.2, -0.15) is 0 Å². The van der Waals surface area contributed by atoms with Gasteiger partial charge in [0.25, 0.3) is 0 Å². The van der Waals surface area contributed by atoms with E-state index < -0.39 is 0 Å². The fraction of sp³-hybridized carbons (Fsp3) is 0.600. The number of nitrogens with zero attached hydrogens (tertiary/aromatic N) is 1. The van der Waals surface area contributed by atoms with Crippen molar-refractivity contribution in [1.82, 2.24) is 4.90 Å². The van der Waals surface area contributed by atoms with Crippen LogP contribution in [0.2, 0.25) is 0 Å². The van der Waals surface area contributed by atoms with Crippen LogP contribution < -0.4 is 5.73 Å². The maximum Gasteiger partial charge on any atom is 0.126 e. The van der Waals surface area contributed by atoms with E-state index >= 15 is 0 Å². The van der Waals surface area contributed by atoms with Gasteiger partial charge in [0.2, 0.25) is 0 Å². The van der Waals surface area contributed by atoms with E-state index in [2.05, 4.69) is 32.8 Å². The van der Waals surface area contributed by atoms with Crippen LogP contribution >= 0.6 is 0 Å². The van der Waals surface area contributed by atoms with E-state index in [1.807, 2.05) is 19.1 Å². The summed E-state index contributed by atoms with van der Waals surface area (Å²) in [6, 6.07) is 5.61. The summed E-state index contributed by atoms with van der Waals surface area (Å²) in [6.45, 7) is 6.89. The van der Waals surface area contributed by atoms with E-state index in [0.29, 0.717) is 12.1 Å². The first-order valence-corrected chi connectivity index (χ1v) is 6.42. The van der Waals surface area contributed by atoms with Crippen molar-refractivity contribution >= 4 is 0 Å². The first-order valence-electron chi connectivity index (χ1n) is 6.42. The number of rotatable bonds is 5. The average molecular weight is 252 g/mol. The van der Waals surface area contributed by atoms with Gasteiger partial charge in [0, 0.05) is 6.04 Å². The maximum absolute atomic E-state index is 13.4. The van der Waals surface area contributed by atoms with Crippen LogP contribution in [0.3, 0.4) is 0 Å². The van der Waals surface area contributed by atoms with E-state index in [0.717, 1.165) is 12.0 Å². The Bertz CT molecular complexity index is 399. The molecule has 1 unspecified atom stereocenters. The number of nitrogens with two attached hydrogens (primary N) is 1. The van der Waals surface area contributed by atoms with E-state index in [9.17, 15) is 4.39 Å². The molecule has 2 nitrogen and oxygen atoms in total. The molecule has 0 aliphatic rings. The highest BCUT2D eigenvalue weighted by Crippen LogP contribution is 2.39. The van der Waals surface area contributed by atoms with Crippen LogP contribution in [0.4, 0.5) is 4.39 Å². The van der Waals surface area contributed by atoms with Crippen LogP contribution in [0.25, 0.3) is 0 Å². The lowest BCUT2D eigenvalue weighted by Gasteiger charge is -2.39. The second-order valence-corrected chi connectivity index (χ2v) is 5.90. The standard InChI is InChI=1S/C15H25FN2/c1-11-10-12(6-7-13(11)16)14(18(4)5)15(2,3)8-9-17/h6-7,10,14H,8-9,17H2,1-5H3. The second-order valence-electron chi connectivity index (χ2n) is 5.90. The van der Waals surface area contributed by atoms with Crippen LogP contribution in [0.1, 0.15) is 37.4 Å². The number of hydrogen-bond donors (Lipinski definition) is 1. The lowest BCUT2D eigenvalue weighted by atomic mass is 9.77. The van der Waals surface area contributed by atoms with Gasteiger partial charge in [0.1, 0.15) is 5.82 Å². The second kappa shape index (κ2) is 5.81. The van der Waals surface area contributed by atoms with Crippen LogP contribution in [-0.4, -0.2) is 25.5 Å². The number of halogens is 1. The van der Waals surface area contributed by atoms with Crippen LogP contribution in [0.5, 0.6) is 0 Å². The normalized spacial score (nSPS) is 14.0. The SMILES string of the molecule is Cc1cc(C(N(C)C)C(C)(C)CCN)ccc1F. The highest BCUT2D eigenvalue weighted by atomic mass is 19.1. The Morgan fingerprint density at radius 3 is 2.39 bits per heavy atom. The quantitative estimate of drug-likeness (QED) is 0.872. The van der Waals surface area contributed by atoms with Crippen molar-refractivity contribution in [3.8, 4) is 0 Å². The molecule has 3 heteroatoms. The highest BCUT2D eigenvalue weighted by Gasteiger charge is 2.32. The zero-order chi connectivity index (χ0) is 13.9. The molecule has 0 saturated carbocycles. The lowest BCUT2D eigenvalue weighted by molar-refractivity contribution is 0.128. The molecule has 0 radical (unpaired) electrons. The van der Waals surface area contributed by atoms with Crippen LogP contribution in [-0.2, 0) is 0 Å². The summed E-state index contributed by atoms with van der Waals surface area (Å²) in [5.41, 5.74) is 7.61. The smallest absolute Gasteiger partial charge is 0.126 e. The fourth-order valence-electron chi connectivity index (χ4n) is 2.79. The third-order valence-electron chi connectivity index (χ3n) is 3.54. The summed E-state index contributed by atoms with van der Waals surface area (Å²) in [6.07, 6.45) is 0.937. The van der Waals surface area contributed by atoms with Gasteiger partial charge in [-0.3, -0.25) is 0 Å². The van der Waals surface area contributed by atoms with Gasteiger partial charge in [0.15, 0.2) is 0 Å². The molecule has 1 aromatic rings. The molecule has 1 atom stereocenters.